The van der Waals surface area contributed by atoms with Gasteiger partial charge in [0, 0.05) is 0 Å². The number of hydrogen-bond acceptors (Lipinski definition) is 2. The van der Waals surface area contributed by atoms with Crippen molar-refractivity contribution in [1.82, 2.24) is 0 Å². The smallest absolute Gasteiger partial charge is 0.0701 e. The first-order valence-corrected chi connectivity index (χ1v) is 2.64. The summed E-state index contributed by atoms with van der Waals surface area (Å²) in [7, 11) is 0. The average Bonchev–Trinajstić information content (AvgIpc) is 1.64. The minimum absolute atomic E-state index is 0.269. The molecule has 8 heavy (non-hydrogen) atoms. The summed E-state index contributed by atoms with van der Waals surface area (Å²) in [5.74, 6) is 0. The normalized spacial score (nSPS) is 17.5. The molecule has 2 atom stereocenters. The third kappa shape index (κ3) is 2.09. The summed E-state index contributed by atoms with van der Waals surface area (Å²) in [5.41, 5.74) is 6.23. The van der Waals surface area contributed by atoms with Gasteiger partial charge in [-0.15, -0.1) is 0 Å². The van der Waals surface area contributed by atoms with Crippen LogP contribution >= 0.6 is 0 Å². The quantitative estimate of drug-likeness (QED) is 0.507. The molecular formula is C6H13NO. The highest BCUT2D eigenvalue weighted by Gasteiger charge is 2.07. The third-order valence-electron chi connectivity index (χ3n) is 1.09. The van der Waals surface area contributed by atoms with Gasteiger partial charge in [0.25, 0.3) is 0 Å². The van der Waals surface area contributed by atoms with Gasteiger partial charge in [-0.2, -0.15) is 0 Å². The second kappa shape index (κ2) is 2.84. The molecule has 0 aliphatic rings. The van der Waals surface area contributed by atoms with E-state index in [2.05, 4.69) is 6.58 Å². The number of rotatable bonds is 2. The van der Waals surface area contributed by atoms with Gasteiger partial charge in [-0.3, -0.25) is 0 Å². The van der Waals surface area contributed by atoms with Crippen molar-refractivity contribution in [3.8, 4) is 0 Å². The number of nitrogens with two attached hydrogens (primary N) is 1. The SMILES string of the molecule is C=C(C)[C@@H](N)[C@@H](C)O. The Morgan fingerprint density at radius 3 is 2.12 bits per heavy atom. The van der Waals surface area contributed by atoms with Crippen molar-refractivity contribution in [3.05, 3.63) is 12.2 Å². The average molecular weight is 115 g/mol. The fraction of sp³-hybridized carbons (Fsp3) is 0.667. The second-order valence-corrected chi connectivity index (χ2v) is 2.11. The van der Waals surface area contributed by atoms with Crippen molar-refractivity contribution < 1.29 is 5.11 Å². The lowest BCUT2D eigenvalue weighted by Crippen LogP contribution is -2.32. The molecule has 0 amide bonds. The van der Waals surface area contributed by atoms with Gasteiger partial charge in [-0.05, 0) is 13.8 Å². The van der Waals surface area contributed by atoms with Crippen LogP contribution in [0, 0.1) is 0 Å². The highest BCUT2D eigenvalue weighted by Crippen LogP contribution is 1.98. The Morgan fingerprint density at radius 2 is 2.12 bits per heavy atom. The van der Waals surface area contributed by atoms with Gasteiger partial charge in [0.1, 0.15) is 0 Å². The highest BCUT2D eigenvalue weighted by molar-refractivity contribution is 5.01. The van der Waals surface area contributed by atoms with Crippen LogP contribution in [0.15, 0.2) is 12.2 Å². The molecule has 0 bridgehead atoms. The third-order valence-corrected chi connectivity index (χ3v) is 1.09. The van der Waals surface area contributed by atoms with Gasteiger partial charge < -0.3 is 10.8 Å². The Bertz CT molecular complexity index is 88.5. The Kier molecular flexibility index (Phi) is 2.72. The van der Waals surface area contributed by atoms with E-state index in [9.17, 15) is 0 Å². The van der Waals surface area contributed by atoms with Gasteiger partial charge in [0.15, 0.2) is 0 Å². The molecule has 0 unspecified atom stereocenters. The van der Waals surface area contributed by atoms with E-state index in [1.165, 1.54) is 0 Å². The number of aliphatic hydroxyl groups excluding tert-OH is 1. The number of aliphatic hydroxyl groups is 1. The van der Waals surface area contributed by atoms with Gasteiger partial charge in [0.05, 0.1) is 12.1 Å². The van der Waals surface area contributed by atoms with Crippen LogP contribution in [-0.4, -0.2) is 17.3 Å². The maximum Gasteiger partial charge on any atom is 0.0701 e. The Balaban J connectivity index is 3.64. The number of hydrogen-bond donors (Lipinski definition) is 2. The molecule has 48 valence electrons. The standard InChI is InChI=1S/C6H13NO/c1-4(2)6(7)5(3)8/h5-6,8H,1,7H2,2-3H3/t5-,6-/m1/s1. The molecule has 0 fully saturated rings. The minimum atomic E-state index is -0.479. The summed E-state index contributed by atoms with van der Waals surface area (Å²) in [5, 5.41) is 8.81. The van der Waals surface area contributed by atoms with Crippen LogP contribution in [0.5, 0.6) is 0 Å². The predicted molar refractivity (Wildman–Crippen MR) is 34.5 cm³/mol. The Labute approximate surface area is 50.0 Å². The van der Waals surface area contributed by atoms with Gasteiger partial charge in [-0.1, -0.05) is 12.2 Å². The first-order valence-electron chi connectivity index (χ1n) is 2.64. The molecule has 0 aromatic rings. The molecular weight excluding hydrogens is 102 g/mol. The molecule has 0 spiro atoms. The van der Waals surface area contributed by atoms with Gasteiger partial charge in [0.2, 0.25) is 0 Å². The summed E-state index contributed by atoms with van der Waals surface area (Å²) in [6, 6.07) is -0.269. The van der Waals surface area contributed by atoms with Crippen LogP contribution in [0.4, 0.5) is 0 Å². The monoisotopic (exact) mass is 115 g/mol. The van der Waals surface area contributed by atoms with E-state index in [4.69, 9.17) is 10.8 Å². The van der Waals surface area contributed by atoms with E-state index in [1.807, 2.05) is 0 Å². The second-order valence-electron chi connectivity index (χ2n) is 2.11. The molecule has 0 heterocycles. The first kappa shape index (κ1) is 7.66. The van der Waals surface area contributed by atoms with E-state index in [0.29, 0.717) is 0 Å². The lowest BCUT2D eigenvalue weighted by molar-refractivity contribution is 0.176. The molecule has 2 nitrogen and oxygen atoms in total. The van der Waals surface area contributed by atoms with Crippen molar-refractivity contribution in [1.29, 1.82) is 0 Å². The molecule has 3 N–H and O–H groups in total. The van der Waals surface area contributed by atoms with Crippen molar-refractivity contribution in [3.63, 3.8) is 0 Å². The minimum Gasteiger partial charge on any atom is -0.391 e. The lowest BCUT2D eigenvalue weighted by atomic mass is 10.1. The fourth-order valence-corrected chi connectivity index (χ4v) is 0.412. The molecule has 0 rings (SSSR count). The summed E-state index contributed by atoms with van der Waals surface area (Å²) < 4.78 is 0. The zero-order valence-corrected chi connectivity index (χ0v) is 5.39. The molecule has 0 aromatic heterocycles. The van der Waals surface area contributed by atoms with Crippen LogP contribution in [0.3, 0.4) is 0 Å². The van der Waals surface area contributed by atoms with E-state index < -0.39 is 6.10 Å². The maximum absolute atomic E-state index is 8.81. The Hall–Kier alpha value is -0.340. The van der Waals surface area contributed by atoms with E-state index >= 15 is 0 Å². The topological polar surface area (TPSA) is 46.2 Å². The van der Waals surface area contributed by atoms with E-state index in [-0.39, 0.29) is 6.04 Å². The van der Waals surface area contributed by atoms with Crippen molar-refractivity contribution in [2.45, 2.75) is 26.0 Å². The Morgan fingerprint density at radius 1 is 1.75 bits per heavy atom. The molecule has 0 saturated heterocycles. The van der Waals surface area contributed by atoms with Crippen molar-refractivity contribution >= 4 is 0 Å². The van der Waals surface area contributed by atoms with Crippen LogP contribution in [0.25, 0.3) is 0 Å². The first-order chi connectivity index (χ1) is 3.55. The van der Waals surface area contributed by atoms with E-state index in [1.54, 1.807) is 13.8 Å². The molecule has 0 aliphatic heterocycles. The van der Waals surface area contributed by atoms with Crippen LogP contribution in [-0.2, 0) is 0 Å². The zero-order chi connectivity index (χ0) is 6.73. The molecule has 0 aliphatic carbocycles. The maximum atomic E-state index is 8.81. The fourth-order valence-electron chi connectivity index (χ4n) is 0.412. The lowest BCUT2D eigenvalue weighted by Gasteiger charge is -2.13. The van der Waals surface area contributed by atoms with Gasteiger partial charge >= 0.3 is 0 Å². The van der Waals surface area contributed by atoms with Gasteiger partial charge in [-0.25, -0.2) is 0 Å². The molecule has 2 heteroatoms. The van der Waals surface area contributed by atoms with Crippen LogP contribution in [0.2, 0.25) is 0 Å². The van der Waals surface area contributed by atoms with Crippen molar-refractivity contribution in [2.24, 2.45) is 5.73 Å². The summed E-state index contributed by atoms with van der Waals surface area (Å²) in [4.78, 5) is 0. The summed E-state index contributed by atoms with van der Waals surface area (Å²) in [6.07, 6.45) is -0.479. The summed E-state index contributed by atoms with van der Waals surface area (Å²) in [6.45, 7) is 7.05. The van der Waals surface area contributed by atoms with Crippen LogP contribution in [0.1, 0.15) is 13.8 Å². The zero-order valence-electron chi connectivity index (χ0n) is 5.39. The van der Waals surface area contributed by atoms with Crippen molar-refractivity contribution in [2.75, 3.05) is 0 Å². The van der Waals surface area contributed by atoms with E-state index in [0.717, 1.165) is 5.57 Å². The summed E-state index contributed by atoms with van der Waals surface area (Å²) >= 11 is 0. The highest BCUT2D eigenvalue weighted by atomic mass is 16.3. The largest absolute Gasteiger partial charge is 0.391 e. The molecule has 0 radical (unpaired) electrons. The molecule has 0 saturated carbocycles. The van der Waals surface area contributed by atoms with Crippen LogP contribution < -0.4 is 5.73 Å². The predicted octanol–water partition coefficient (Wildman–Crippen LogP) is 0.271. The molecule has 0 aromatic carbocycles.